The molecular formula is C38H34O6S. The molecule has 0 bridgehead atoms. The summed E-state index contributed by atoms with van der Waals surface area (Å²) in [5.41, 5.74) is -0.352. The third-order valence-corrected chi connectivity index (χ3v) is 9.97. The Morgan fingerprint density at radius 2 is 1.13 bits per heavy atom. The van der Waals surface area contributed by atoms with Gasteiger partial charge in [-0.1, -0.05) is 41.9 Å². The maximum absolute atomic E-state index is 13.7. The molecule has 7 heteroatoms. The first-order valence-corrected chi connectivity index (χ1v) is 16.7. The fourth-order valence-corrected chi connectivity index (χ4v) is 7.00. The minimum atomic E-state index is -3.91. The van der Waals surface area contributed by atoms with E-state index in [2.05, 4.69) is 23.7 Å². The molecule has 2 aliphatic rings. The Hall–Kier alpha value is -4.53. The number of para-hydroxylation sites is 1. The second-order valence-corrected chi connectivity index (χ2v) is 13.6. The van der Waals surface area contributed by atoms with Gasteiger partial charge in [0.1, 0.15) is 39.1 Å². The van der Waals surface area contributed by atoms with E-state index in [1.807, 2.05) is 12.1 Å². The first-order valence-electron chi connectivity index (χ1n) is 15.2. The maximum atomic E-state index is 13.7. The molecule has 2 N–H and O–H groups in total. The third kappa shape index (κ3) is 7.41. The van der Waals surface area contributed by atoms with Crippen molar-refractivity contribution in [3.8, 4) is 46.7 Å². The summed E-state index contributed by atoms with van der Waals surface area (Å²) in [6.45, 7) is 0. The molecule has 2 fully saturated rings. The molecule has 0 heterocycles. The van der Waals surface area contributed by atoms with Crippen molar-refractivity contribution in [2.75, 3.05) is 0 Å². The molecule has 0 saturated heterocycles. The van der Waals surface area contributed by atoms with Gasteiger partial charge in [0.05, 0.1) is 4.90 Å². The molecule has 228 valence electrons. The van der Waals surface area contributed by atoms with Crippen molar-refractivity contribution in [2.45, 2.75) is 72.4 Å². The highest BCUT2D eigenvalue weighted by Gasteiger charge is 2.29. The largest absolute Gasteiger partial charge is 0.457 e. The van der Waals surface area contributed by atoms with Crippen LogP contribution < -0.4 is 9.47 Å². The number of benzene rings is 4. The van der Waals surface area contributed by atoms with Crippen molar-refractivity contribution in [2.24, 2.45) is 0 Å². The van der Waals surface area contributed by atoms with Crippen molar-refractivity contribution in [1.82, 2.24) is 0 Å². The Bertz CT molecular complexity index is 1890. The minimum Gasteiger partial charge on any atom is -0.457 e. The predicted octanol–water partition coefficient (Wildman–Crippen LogP) is 7.42. The van der Waals surface area contributed by atoms with Gasteiger partial charge in [0, 0.05) is 11.1 Å². The first-order chi connectivity index (χ1) is 21.7. The van der Waals surface area contributed by atoms with Crippen molar-refractivity contribution < 1.29 is 28.1 Å². The molecule has 6 rings (SSSR count). The quantitative estimate of drug-likeness (QED) is 0.219. The molecule has 0 aliphatic heterocycles. The van der Waals surface area contributed by atoms with Crippen LogP contribution in [0.1, 0.15) is 62.5 Å². The Morgan fingerprint density at radius 1 is 0.578 bits per heavy atom. The van der Waals surface area contributed by atoms with E-state index in [9.17, 15) is 18.6 Å². The van der Waals surface area contributed by atoms with Crippen molar-refractivity contribution in [3.05, 3.63) is 108 Å². The van der Waals surface area contributed by atoms with E-state index in [0.717, 1.165) is 36.8 Å². The molecule has 0 spiro atoms. The molecule has 0 unspecified atom stereocenters. The summed E-state index contributed by atoms with van der Waals surface area (Å²) in [5.74, 6) is 13.8. The zero-order valence-electron chi connectivity index (χ0n) is 24.8. The highest BCUT2D eigenvalue weighted by atomic mass is 32.2. The summed E-state index contributed by atoms with van der Waals surface area (Å²) in [6.07, 6.45) is 6.70. The predicted molar refractivity (Wildman–Crippen MR) is 172 cm³/mol. The topological polar surface area (TPSA) is 93.1 Å². The number of hydrogen-bond donors (Lipinski definition) is 2. The monoisotopic (exact) mass is 618 g/mol. The molecule has 6 nitrogen and oxygen atoms in total. The summed E-state index contributed by atoms with van der Waals surface area (Å²) in [5, 5.41) is 21.0. The third-order valence-electron chi connectivity index (χ3n) is 8.17. The standard InChI is InChI=1S/C38H34O6S/c39-37(22-3-4-23-37)26-20-29-12-14-32(15-13-29)44-35-10-1-2-11-36(35)45(41,42)34-18-16-31(17-19-34)43-33-9-7-8-30(28-33)21-27-38(40)24-5-6-25-38/h1-2,7-19,28,39-40H,3-6,22-25H2. The molecule has 2 aliphatic carbocycles. The second-order valence-electron chi connectivity index (χ2n) is 11.7. The molecule has 4 aromatic rings. The fraction of sp³-hybridized carbons (Fsp3) is 0.263. The number of ether oxygens (including phenoxy) is 2. The van der Waals surface area contributed by atoms with Crippen molar-refractivity contribution >= 4 is 9.84 Å². The van der Waals surface area contributed by atoms with E-state index < -0.39 is 21.0 Å². The van der Waals surface area contributed by atoms with Gasteiger partial charge in [0.15, 0.2) is 0 Å². The highest BCUT2D eigenvalue weighted by Crippen LogP contribution is 2.34. The Kier molecular flexibility index (Phi) is 8.70. The van der Waals surface area contributed by atoms with Crippen LogP contribution >= 0.6 is 0 Å². The van der Waals surface area contributed by atoms with Crippen LogP contribution in [-0.2, 0) is 9.84 Å². The Balaban J connectivity index is 1.15. The maximum Gasteiger partial charge on any atom is 0.210 e. The second kappa shape index (κ2) is 12.8. The van der Waals surface area contributed by atoms with Gasteiger partial charge in [0.25, 0.3) is 0 Å². The average Bonchev–Trinajstić information content (AvgIpc) is 3.69. The highest BCUT2D eigenvalue weighted by molar-refractivity contribution is 7.91. The van der Waals surface area contributed by atoms with E-state index in [-0.39, 0.29) is 15.5 Å². The van der Waals surface area contributed by atoms with Crippen LogP contribution in [0.4, 0.5) is 0 Å². The Morgan fingerprint density at radius 3 is 1.78 bits per heavy atom. The summed E-state index contributed by atoms with van der Waals surface area (Å²) in [6, 6.07) is 27.1. The van der Waals surface area contributed by atoms with Gasteiger partial charge < -0.3 is 19.7 Å². The van der Waals surface area contributed by atoms with Crippen LogP contribution in [0.25, 0.3) is 0 Å². The average molecular weight is 619 g/mol. The number of hydrogen-bond acceptors (Lipinski definition) is 6. The van der Waals surface area contributed by atoms with E-state index >= 15 is 0 Å². The SMILES string of the molecule is O=S(=O)(c1ccc(Oc2cccc(C#CC3(O)CCCC3)c2)cc1)c1ccccc1Oc1ccc(C#CC2(O)CCCC2)cc1. The molecule has 0 amide bonds. The van der Waals surface area contributed by atoms with Crippen LogP contribution in [0.15, 0.2) is 107 Å². The van der Waals surface area contributed by atoms with Gasteiger partial charge in [-0.15, -0.1) is 0 Å². The van der Waals surface area contributed by atoms with Crippen LogP contribution in [0.2, 0.25) is 0 Å². The van der Waals surface area contributed by atoms with Gasteiger partial charge in [-0.05, 0) is 130 Å². The van der Waals surface area contributed by atoms with Gasteiger partial charge in [-0.2, -0.15) is 0 Å². The molecular weight excluding hydrogens is 584 g/mol. The summed E-state index contributed by atoms with van der Waals surface area (Å²) in [7, 11) is -3.91. The first kappa shape index (κ1) is 30.5. The fourth-order valence-electron chi connectivity index (χ4n) is 5.62. The number of sulfone groups is 1. The minimum absolute atomic E-state index is 0.0428. The zero-order valence-corrected chi connectivity index (χ0v) is 25.6. The normalized spacial score (nSPS) is 16.6. The lowest BCUT2D eigenvalue weighted by Crippen LogP contribution is -2.20. The lowest BCUT2D eigenvalue weighted by molar-refractivity contribution is 0.109. The van der Waals surface area contributed by atoms with Gasteiger partial charge in [-0.3, -0.25) is 0 Å². The molecule has 0 atom stereocenters. The van der Waals surface area contributed by atoms with Crippen LogP contribution in [0, 0.1) is 23.7 Å². The van der Waals surface area contributed by atoms with Crippen LogP contribution in [0.3, 0.4) is 0 Å². The summed E-state index contributed by atoms with van der Waals surface area (Å²) < 4.78 is 39.3. The molecule has 4 aromatic carbocycles. The van der Waals surface area contributed by atoms with E-state index in [0.29, 0.717) is 42.9 Å². The van der Waals surface area contributed by atoms with Crippen LogP contribution in [-0.4, -0.2) is 29.8 Å². The molecule has 0 radical (unpaired) electrons. The van der Waals surface area contributed by atoms with Gasteiger partial charge >= 0.3 is 0 Å². The van der Waals surface area contributed by atoms with E-state index in [1.165, 1.54) is 18.2 Å². The summed E-state index contributed by atoms with van der Waals surface area (Å²) >= 11 is 0. The number of aliphatic hydroxyl groups is 2. The van der Waals surface area contributed by atoms with E-state index in [4.69, 9.17) is 9.47 Å². The Labute approximate surface area is 264 Å². The molecule has 45 heavy (non-hydrogen) atoms. The van der Waals surface area contributed by atoms with Gasteiger partial charge in [0.2, 0.25) is 9.84 Å². The lowest BCUT2D eigenvalue weighted by atomic mass is 10.0. The van der Waals surface area contributed by atoms with Crippen molar-refractivity contribution in [3.63, 3.8) is 0 Å². The zero-order chi connectivity index (χ0) is 31.3. The molecule has 0 aromatic heterocycles. The summed E-state index contributed by atoms with van der Waals surface area (Å²) in [4.78, 5) is 0.145. The smallest absolute Gasteiger partial charge is 0.210 e. The van der Waals surface area contributed by atoms with Gasteiger partial charge in [-0.25, -0.2) is 8.42 Å². The molecule has 2 saturated carbocycles. The van der Waals surface area contributed by atoms with Crippen molar-refractivity contribution in [1.29, 1.82) is 0 Å². The lowest BCUT2D eigenvalue weighted by Gasteiger charge is -2.13. The number of rotatable bonds is 6. The van der Waals surface area contributed by atoms with E-state index in [1.54, 1.807) is 66.7 Å². The van der Waals surface area contributed by atoms with Crippen LogP contribution in [0.5, 0.6) is 23.0 Å².